The number of amides is 2. The maximum Gasteiger partial charge on any atom is 0.272 e. The van der Waals surface area contributed by atoms with Crippen molar-refractivity contribution in [3.63, 3.8) is 0 Å². The van der Waals surface area contributed by atoms with E-state index in [0.717, 1.165) is 17.2 Å². The summed E-state index contributed by atoms with van der Waals surface area (Å²) in [6.45, 7) is 0. The van der Waals surface area contributed by atoms with E-state index in [1.807, 2.05) is 42.5 Å². The summed E-state index contributed by atoms with van der Waals surface area (Å²) in [6, 6.07) is 22.4. The van der Waals surface area contributed by atoms with E-state index in [1.165, 1.54) is 18.2 Å². The minimum atomic E-state index is -0.765. The monoisotopic (exact) mass is 390 g/mol. The number of nitrogens with one attached hydrogen (secondary N) is 2. The number of halogens is 1. The van der Waals surface area contributed by atoms with Gasteiger partial charge in [0.15, 0.2) is 5.78 Å². The SMILES string of the molecule is O=C(CCC(=O)c1ccc(-c2ccccc2)cc1)NNC(=O)c1ccccc1F. The zero-order chi connectivity index (χ0) is 20.6. The molecular formula is C23H19FN2O3. The predicted molar refractivity (Wildman–Crippen MR) is 107 cm³/mol. The Balaban J connectivity index is 1.48. The van der Waals surface area contributed by atoms with Crippen LogP contribution < -0.4 is 10.9 Å². The molecular weight excluding hydrogens is 371 g/mol. The highest BCUT2D eigenvalue weighted by Crippen LogP contribution is 2.19. The molecule has 0 aliphatic carbocycles. The summed E-state index contributed by atoms with van der Waals surface area (Å²) in [4.78, 5) is 36.0. The number of hydrazine groups is 1. The summed E-state index contributed by atoms with van der Waals surface area (Å²) in [5, 5.41) is 0. The normalized spacial score (nSPS) is 10.2. The molecule has 0 aromatic heterocycles. The molecule has 2 N–H and O–H groups in total. The summed E-state index contributed by atoms with van der Waals surface area (Å²) in [5.74, 6) is -2.17. The molecule has 0 fully saturated rings. The average Bonchev–Trinajstić information content (AvgIpc) is 2.77. The number of hydrogen-bond donors (Lipinski definition) is 2. The van der Waals surface area contributed by atoms with E-state index in [-0.39, 0.29) is 24.2 Å². The van der Waals surface area contributed by atoms with Crippen LogP contribution in [0.15, 0.2) is 78.9 Å². The Bertz CT molecular complexity index is 1020. The van der Waals surface area contributed by atoms with Gasteiger partial charge in [-0.3, -0.25) is 25.2 Å². The average molecular weight is 390 g/mol. The second kappa shape index (κ2) is 9.41. The largest absolute Gasteiger partial charge is 0.294 e. The van der Waals surface area contributed by atoms with Gasteiger partial charge in [0.25, 0.3) is 5.91 Å². The van der Waals surface area contributed by atoms with Crippen molar-refractivity contribution in [3.8, 4) is 11.1 Å². The van der Waals surface area contributed by atoms with Gasteiger partial charge in [-0.05, 0) is 23.3 Å². The third-order valence-electron chi connectivity index (χ3n) is 4.33. The summed E-state index contributed by atoms with van der Waals surface area (Å²) >= 11 is 0. The number of rotatable bonds is 6. The summed E-state index contributed by atoms with van der Waals surface area (Å²) in [6.07, 6.45) is -0.108. The zero-order valence-corrected chi connectivity index (χ0v) is 15.5. The number of benzene rings is 3. The first-order chi connectivity index (χ1) is 14.0. The van der Waals surface area contributed by atoms with E-state index in [0.29, 0.717) is 5.56 Å². The van der Waals surface area contributed by atoms with Gasteiger partial charge < -0.3 is 0 Å². The Morgan fingerprint density at radius 2 is 1.31 bits per heavy atom. The lowest BCUT2D eigenvalue weighted by atomic mass is 10.0. The van der Waals surface area contributed by atoms with Gasteiger partial charge in [-0.15, -0.1) is 0 Å². The predicted octanol–water partition coefficient (Wildman–Crippen LogP) is 3.92. The smallest absolute Gasteiger partial charge is 0.272 e. The van der Waals surface area contributed by atoms with Gasteiger partial charge in [0.2, 0.25) is 5.91 Å². The highest BCUT2D eigenvalue weighted by atomic mass is 19.1. The fraction of sp³-hybridized carbons (Fsp3) is 0.0870. The highest BCUT2D eigenvalue weighted by Gasteiger charge is 2.13. The fourth-order valence-electron chi connectivity index (χ4n) is 2.75. The van der Waals surface area contributed by atoms with Gasteiger partial charge in [-0.2, -0.15) is 0 Å². The quantitative estimate of drug-likeness (QED) is 0.495. The van der Waals surface area contributed by atoms with Gasteiger partial charge in [-0.25, -0.2) is 4.39 Å². The van der Waals surface area contributed by atoms with Crippen LogP contribution in [0.25, 0.3) is 11.1 Å². The number of carbonyl (C=O) groups is 3. The Morgan fingerprint density at radius 3 is 2.00 bits per heavy atom. The zero-order valence-electron chi connectivity index (χ0n) is 15.5. The highest BCUT2D eigenvalue weighted by molar-refractivity contribution is 5.99. The Hall–Kier alpha value is -3.80. The lowest BCUT2D eigenvalue weighted by Crippen LogP contribution is -2.42. The summed E-state index contributed by atoms with van der Waals surface area (Å²) < 4.78 is 13.5. The van der Waals surface area contributed by atoms with E-state index in [1.54, 1.807) is 12.1 Å². The number of hydrogen-bond acceptors (Lipinski definition) is 3. The molecule has 0 unspecified atom stereocenters. The molecule has 0 saturated heterocycles. The van der Waals surface area contributed by atoms with Crippen molar-refractivity contribution < 1.29 is 18.8 Å². The lowest BCUT2D eigenvalue weighted by Gasteiger charge is -2.08. The van der Waals surface area contributed by atoms with Crippen molar-refractivity contribution in [2.24, 2.45) is 0 Å². The van der Waals surface area contributed by atoms with Gasteiger partial charge in [0.1, 0.15) is 5.82 Å². The summed E-state index contributed by atoms with van der Waals surface area (Å²) in [7, 11) is 0. The van der Waals surface area contributed by atoms with Crippen molar-refractivity contribution >= 4 is 17.6 Å². The lowest BCUT2D eigenvalue weighted by molar-refractivity contribution is -0.121. The van der Waals surface area contributed by atoms with Crippen LogP contribution in [-0.2, 0) is 4.79 Å². The van der Waals surface area contributed by atoms with Crippen LogP contribution in [0.3, 0.4) is 0 Å². The van der Waals surface area contributed by atoms with Crippen LogP contribution in [0.2, 0.25) is 0 Å². The van der Waals surface area contributed by atoms with Crippen molar-refractivity contribution in [1.29, 1.82) is 0 Å². The van der Waals surface area contributed by atoms with Gasteiger partial charge in [0, 0.05) is 18.4 Å². The molecule has 0 aliphatic rings. The van der Waals surface area contributed by atoms with Crippen molar-refractivity contribution in [1.82, 2.24) is 10.9 Å². The Kier molecular flexibility index (Phi) is 6.47. The molecule has 3 aromatic carbocycles. The van der Waals surface area contributed by atoms with Crippen LogP contribution in [0.5, 0.6) is 0 Å². The molecule has 0 aliphatic heterocycles. The minimum Gasteiger partial charge on any atom is -0.294 e. The Labute approximate surface area is 167 Å². The third-order valence-corrected chi connectivity index (χ3v) is 4.33. The topological polar surface area (TPSA) is 75.3 Å². The van der Waals surface area contributed by atoms with Gasteiger partial charge in [-0.1, -0.05) is 66.7 Å². The summed E-state index contributed by atoms with van der Waals surface area (Å²) in [5.41, 5.74) is 6.70. The minimum absolute atomic E-state index is 0.00785. The van der Waals surface area contributed by atoms with Gasteiger partial charge in [0.05, 0.1) is 5.56 Å². The van der Waals surface area contributed by atoms with Crippen molar-refractivity contribution in [2.45, 2.75) is 12.8 Å². The molecule has 3 aromatic rings. The molecule has 5 nitrogen and oxygen atoms in total. The Morgan fingerprint density at radius 1 is 0.690 bits per heavy atom. The molecule has 0 atom stereocenters. The van der Waals surface area contributed by atoms with Crippen LogP contribution in [0.1, 0.15) is 33.6 Å². The fourth-order valence-corrected chi connectivity index (χ4v) is 2.75. The number of ketones is 1. The first-order valence-electron chi connectivity index (χ1n) is 9.07. The molecule has 0 spiro atoms. The molecule has 0 heterocycles. The van der Waals surface area contributed by atoms with E-state index in [9.17, 15) is 18.8 Å². The maximum atomic E-state index is 13.5. The third kappa shape index (κ3) is 5.35. The second-order valence-electron chi connectivity index (χ2n) is 6.35. The van der Waals surface area contributed by atoms with Gasteiger partial charge >= 0.3 is 0 Å². The molecule has 146 valence electrons. The number of Topliss-reactive ketones (excluding diaryl/α,β-unsaturated/α-hetero) is 1. The molecule has 29 heavy (non-hydrogen) atoms. The second-order valence-corrected chi connectivity index (χ2v) is 6.35. The van der Waals surface area contributed by atoms with Crippen LogP contribution >= 0.6 is 0 Å². The van der Waals surface area contributed by atoms with Crippen LogP contribution in [0, 0.1) is 5.82 Å². The maximum absolute atomic E-state index is 13.5. The molecule has 0 saturated carbocycles. The molecule has 0 radical (unpaired) electrons. The van der Waals surface area contributed by atoms with Crippen molar-refractivity contribution in [3.05, 3.63) is 95.8 Å². The van der Waals surface area contributed by atoms with E-state index < -0.39 is 17.6 Å². The van der Waals surface area contributed by atoms with E-state index in [2.05, 4.69) is 10.9 Å². The molecule has 3 rings (SSSR count). The van der Waals surface area contributed by atoms with Crippen LogP contribution in [0.4, 0.5) is 4.39 Å². The van der Waals surface area contributed by atoms with E-state index in [4.69, 9.17) is 0 Å². The van der Waals surface area contributed by atoms with Crippen molar-refractivity contribution in [2.75, 3.05) is 0 Å². The molecule has 2 amide bonds. The first-order valence-corrected chi connectivity index (χ1v) is 9.07. The molecule has 6 heteroatoms. The standard InChI is InChI=1S/C23H19FN2O3/c24-20-9-5-4-8-19(20)23(29)26-25-22(28)15-14-21(27)18-12-10-17(11-13-18)16-6-2-1-3-7-16/h1-13H,14-15H2,(H,25,28)(H,26,29). The van der Waals surface area contributed by atoms with Crippen LogP contribution in [-0.4, -0.2) is 17.6 Å². The molecule has 0 bridgehead atoms. The number of carbonyl (C=O) groups excluding carboxylic acids is 3. The van der Waals surface area contributed by atoms with E-state index >= 15 is 0 Å². The first kappa shape index (κ1) is 19.9.